The van der Waals surface area contributed by atoms with E-state index in [1.807, 2.05) is 0 Å². The van der Waals surface area contributed by atoms with E-state index in [2.05, 4.69) is 5.10 Å². The van der Waals surface area contributed by atoms with Crippen LogP contribution < -0.4 is 15.4 Å². The Morgan fingerprint density at radius 1 is 1.16 bits per heavy atom. The molecule has 0 atom stereocenters. The van der Waals surface area contributed by atoms with Gasteiger partial charge in [0, 0.05) is 19.2 Å². The Morgan fingerprint density at radius 2 is 1.81 bits per heavy atom. The van der Waals surface area contributed by atoms with Gasteiger partial charge >= 0.3 is 12.1 Å². The van der Waals surface area contributed by atoms with Gasteiger partial charge in [-0.3, -0.25) is 14.4 Å². The first-order valence-corrected chi connectivity index (χ1v) is 9.81. The summed E-state index contributed by atoms with van der Waals surface area (Å²) in [6.45, 7) is 0.304. The first-order valence-electron chi connectivity index (χ1n) is 9.05. The third-order valence-corrected chi connectivity index (χ3v) is 4.94. The van der Waals surface area contributed by atoms with E-state index in [-0.39, 0.29) is 45.9 Å². The van der Waals surface area contributed by atoms with E-state index in [1.54, 1.807) is 7.05 Å². The molecule has 0 radical (unpaired) electrons. The summed E-state index contributed by atoms with van der Waals surface area (Å²) in [7, 11) is 1.58. The van der Waals surface area contributed by atoms with Crippen LogP contribution in [0.25, 0.3) is 11.3 Å². The molecule has 0 unspecified atom stereocenters. The molecular formula is C20H16Cl2F4N4O2. The summed E-state index contributed by atoms with van der Waals surface area (Å²) in [4.78, 5) is 12.6. The van der Waals surface area contributed by atoms with Crippen molar-refractivity contribution in [3.63, 3.8) is 0 Å². The fraction of sp³-hybridized carbons (Fsp3) is 0.200. The third-order valence-electron chi connectivity index (χ3n) is 4.35. The van der Waals surface area contributed by atoms with Crippen molar-refractivity contribution >= 4 is 40.5 Å². The number of nitrogens with zero attached hydrogens (tertiary/aromatic N) is 3. The number of anilines is 2. The van der Waals surface area contributed by atoms with Crippen LogP contribution in [0, 0.1) is 5.82 Å². The SMILES string of the molecule is Cn1ncc(Cl)c1-c1cc(N(C(=O)C(F)(F)F)c2ccc(Cl)c(F)c2)ccc1OCCN. The molecule has 0 aliphatic heterocycles. The molecule has 0 saturated carbocycles. The highest BCUT2D eigenvalue weighted by atomic mass is 35.5. The summed E-state index contributed by atoms with van der Waals surface area (Å²) >= 11 is 11.9. The molecule has 2 aromatic carbocycles. The van der Waals surface area contributed by atoms with E-state index in [9.17, 15) is 22.4 Å². The van der Waals surface area contributed by atoms with Crippen molar-refractivity contribution in [2.24, 2.45) is 12.8 Å². The molecule has 1 amide bonds. The smallest absolute Gasteiger partial charge is 0.472 e. The van der Waals surface area contributed by atoms with Gasteiger partial charge in [-0.15, -0.1) is 0 Å². The zero-order valence-corrected chi connectivity index (χ0v) is 18.0. The van der Waals surface area contributed by atoms with Crippen molar-refractivity contribution in [1.82, 2.24) is 9.78 Å². The van der Waals surface area contributed by atoms with Crippen LogP contribution in [0.1, 0.15) is 0 Å². The predicted octanol–water partition coefficient (Wildman–Crippen LogP) is 5.10. The van der Waals surface area contributed by atoms with Gasteiger partial charge in [0.25, 0.3) is 0 Å². The van der Waals surface area contributed by atoms with Crippen molar-refractivity contribution < 1.29 is 27.1 Å². The number of hydrogen-bond acceptors (Lipinski definition) is 4. The number of ether oxygens (including phenoxy) is 1. The van der Waals surface area contributed by atoms with Crippen LogP contribution in [0.3, 0.4) is 0 Å². The third kappa shape index (κ3) is 4.82. The van der Waals surface area contributed by atoms with Crippen LogP contribution in [-0.2, 0) is 11.8 Å². The number of alkyl halides is 3. The summed E-state index contributed by atoms with van der Waals surface area (Å²) in [5.74, 6) is -2.95. The average Bonchev–Trinajstić information content (AvgIpc) is 3.07. The highest BCUT2D eigenvalue weighted by Crippen LogP contribution is 2.40. The number of aromatic nitrogens is 2. The topological polar surface area (TPSA) is 73.4 Å². The zero-order valence-electron chi connectivity index (χ0n) is 16.5. The predicted molar refractivity (Wildman–Crippen MR) is 113 cm³/mol. The van der Waals surface area contributed by atoms with E-state index in [0.717, 1.165) is 18.2 Å². The number of nitrogens with two attached hydrogens (primary N) is 1. The van der Waals surface area contributed by atoms with Crippen molar-refractivity contribution in [2.45, 2.75) is 6.18 Å². The first-order chi connectivity index (χ1) is 15.0. The second-order valence-electron chi connectivity index (χ2n) is 6.52. The van der Waals surface area contributed by atoms with Crippen LogP contribution in [0.15, 0.2) is 42.6 Å². The molecule has 1 heterocycles. The van der Waals surface area contributed by atoms with Crippen LogP contribution in [0.4, 0.5) is 28.9 Å². The molecule has 1 aromatic heterocycles. The summed E-state index contributed by atoms with van der Waals surface area (Å²) < 4.78 is 61.2. The highest BCUT2D eigenvalue weighted by Gasteiger charge is 2.44. The van der Waals surface area contributed by atoms with Gasteiger partial charge in [0.05, 0.1) is 33.3 Å². The molecular weight excluding hydrogens is 475 g/mol. The minimum absolute atomic E-state index is 0.120. The molecule has 170 valence electrons. The fourth-order valence-corrected chi connectivity index (χ4v) is 3.37. The largest absolute Gasteiger partial charge is 0.492 e. The van der Waals surface area contributed by atoms with Crippen LogP contribution in [-0.4, -0.2) is 35.0 Å². The lowest BCUT2D eigenvalue weighted by Crippen LogP contribution is -2.38. The molecule has 32 heavy (non-hydrogen) atoms. The normalized spacial score (nSPS) is 11.5. The summed E-state index contributed by atoms with van der Waals surface area (Å²) in [5.41, 5.74) is 5.50. The first kappa shape index (κ1) is 23.8. The number of carbonyl (C=O) groups excluding carboxylic acids is 1. The van der Waals surface area contributed by atoms with E-state index in [0.29, 0.717) is 10.6 Å². The molecule has 3 rings (SSSR count). The number of halogens is 6. The maximum absolute atomic E-state index is 14.0. The molecule has 6 nitrogen and oxygen atoms in total. The molecule has 0 spiro atoms. The second kappa shape index (κ2) is 9.35. The molecule has 0 aliphatic rings. The Bertz CT molecular complexity index is 1130. The van der Waals surface area contributed by atoms with Crippen molar-refractivity contribution in [3.8, 4) is 17.0 Å². The van der Waals surface area contributed by atoms with Gasteiger partial charge in [-0.2, -0.15) is 18.3 Å². The van der Waals surface area contributed by atoms with Crippen molar-refractivity contribution in [1.29, 1.82) is 0 Å². The van der Waals surface area contributed by atoms with Crippen molar-refractivity contribution in [3.05, 3.63) is 58.5 Å². The van der Waals surface area contributed by atoms with E-state index in [4.69, 9.17) is 33.7 Å². The summed E-state index contributed by atoms with van der Waals surface area (Å²) in [5, 5.41) is 3.92. The Morgan fingerprint density at radius 3 is 2.38 bits per heavy atom. The lowest BCUT2D eigenvalue weighted by molar-refractivity contribution is -0.169. The standard InChI is InChI=1S/C20H16Cl2F4N4O2/c1-29-18(15(22)10-28-29)13-8-11(3-5-17(13)32-7-6-27)30(19(31)20(24,25)26)12-2-4-14(21)16(23)9-12/h2-5,8-10H,6-7,27H2,1H3. The number of amides is 1. The van der Waals surface area contributed by atoms with E-state index >= 15 is 0 Å². The van der Waals surface area contributed by atoms with Gasteiger partial charge in [0.2, 0.25) is 0 Å². The number of hydrogen-bond donors (Lipinski definition) is 1. The molecule has 2 N–H and O–H groups in total. The Hall–Kier alpha value is -2.82. The quantitative estimate of drug-likeness (QED) is 0.488. The summed E-state index contributed by atoms with van der Waals surface area (Å²) in [6.07, 6.45) is -3.89. The Balaban J connectivity index is 2.23. The highest BCUT2D eigenvalue weighted by molar-refractivity contribution is 6.33. The van der Waals surface area contributed by atoms with E-state index in [1.165, 1.54) is 29.1 Å². The minimum Gasteiger partial charge on any atom is -0.492 e. The molecule has 0 aliphatic carbocycles. The van der Waals surface area contributed by atoms with Crippen molar-refractivity contribution in [2.75, 3.05) is 18.1 Å². The monoisotopic (exact) mass is 490 g/mol. The number of benzene rings is 2. The second-order valence-corrected chi connectivity index (χ2v) is 7.33. The molecule has 0 fully saturated rings. The van der Waals surface area contributed by atoms with Gasteiger partial charge in [0.15, 0.2) is 0 Å². The number of aryl methyl sites for hydroxylation is 1. The Labute approximate surface area is 190 Å². The fourth-order valence-electron chi connectivity index (χ4n) is 2.99. The van der Waals surface area contributed by atoms with Crippen LogP contribution >= 0.6 is 23.2 Å². The van der Waals surface area contributed by atoms with Gasteiger partial charge in [-0.1, -0.05) is 23.2 Å². The Kier molecular flexibility index (Phi) is 6.97. The minimum atomic E-state index is -5.24. The van der Waals surface area contributed by atoms with Gasteiger partial charge in [-0.25, -0.2) is 4.39 Å². The van der Waals surface area contributed by atoms with Gasteiger partial charge < -0.3 is 10.5 Å². The zero-order chi connectivity index (χ0) is 23.6. The average molecular weight is 491 g/mol. The van der Waals surface area contributed by atoms with E-state index < -0.39 is 17.9 Å². The summed E-state index contributed by atoms with van der Waals surface area (Å²) in [6, 6.07) is 6.76. The van der Waals surface area contributed by atoms with Crippen LogP contribution in [0.2, 0.25) is 10.0 Å². The van der Waals surface area contributed by atoms with Crippen LogP contribution in [0.5, 0.6) is 5.75 Å². The molecule has 0 bridgehead atoms. The maximum atomic E-state index is 14.0. The maximum Gasteiger partial charge on any atom is 0.472 e. The lowest BCUT2D eigenvalue weighted by atomic mass is 10.1. The molecule has 12 heteroatoms. The number of carbonyl (C=O) groups is 1. The number of rotatable bonds is 6. The van der Waals surface area contributed by atoms with Gasteiger partial charge in [0.1, 0.15) is 18.2 Å². The molecule has 0 saturated heterocycles. The lowest BCUT2D eigenvalue weighted by Gasteiger charge is -2.25. The molecule has 3 aromatic rings. The van der Waals surface area contributed by atoms with Gasteiger partial charge in [-0.05, 0) is 36.4 Å².